The molecule has 0 fully saturated rings. The van der Waals surface area contributed by atoms with Crippen LogP contribution in [0.4, 0.5) is 0 Å². The molecule has 0 N–H and O–H groups in total. The quantitative estimate of drug-likeness (QED) is 0.628. The van der Waals surface area contributed by atoms with E-state index >= 15 is 0 Å². The zero-order valence-corrected chi connectivity index (χ0v) is 12.5. The van der Waals surface area contributed by atoms with Gasteiger partial charge in [0.1, 0.15) is 5.60 Å². The lowest BCUT2D eigenvalue weighted by atomic mass is 10.1. The summed E-state index contributed by atoms with van der Waals surface area (Å²) in [6.45, 7) is 7.16. The highest BCUT2D eigenvalue weighted by molar-refractivity contribution is 5.93. The van der Waals surface area contributed by atoms with Gasteiger partial charge in [-0.25, -0.2) is 9.59 Å². The minimum atomic E-state index is -0.513. The second-order valence-electron chi connectivity index (χ2n) is 5.44. The predicted molar refractivity (Wildman–Crippen MR) is 77.3 cm³/mol. The van der Waals surface area contributed by atoms with Crippen LogP contribution in [0.3, 0.4) is 0 Å². The molecule has 0 aromatic heterocycles. The molecule has 4 heteroatoms. The first-order valence-electron chi connectivity index (χ1n) is 6.33. The minimum absolute atomic E-state index is 0.352. The van der Waals surface area contributed by atoms with Gasteiger partial charge in [0.15, 0.2) is 0 Å². The molecule has 0 aliphatic rings. The standard InChI is InChI=1S/C16H20O4/c1-11(14(17)20-16(2,3)4)10-12-6-8-13(9-7-12)15(18)19-5/h6-10H,1-5H3/b11-10+. The molecular formula is C16H20O4. The monoisotopic (exact) mass is 276 g/mol. The Morgan fingerprint density at radius 1 is 1.10 bits per heavy atom. The third-order valence-electron chi connectivity index (χ3n) is 2.44. The van der Waals surface area contributed by atoms with Crippen LogP contribution in [-0.4, -0.2) is 24.6 Å². The van der Waals surface area contributed by atoms with Crippen molar-refractivity contribution in [1.29, 1.82) is 0 Å². The second kappa shape index (κ2) is 6.37. The Labute approximate surface area is 119 Å². The van der Waals surface area contributed by atoms with E-state index in [1.54, 1.807) is 37.3 Å². The molecule has 0 heterocycles. The van der Waals surface area contributed by atoms with Gasteiger partial charge in [-0.05, 0) is 51.5 Å². The van der Waals surface area contributed by atoms with E-state index < -0.39 is 5.60 Å². The fourth-order valence-corrected chi connectivity index (χ4v) is 1.50. The van der Waals surface area contributed by atoms with Crippen molar-refractivity contribution in [2.75, 3.05) is 7.11 Å². The van der Waals surface area contributed by atoms with Crippen molar-refractivity contribution in [3.63, 3.8) is 0 Å². The maximum atomic E-state index is 11.8. The molecule has 20 heavy (non-hydrogen) atoms. The van der Waals surface area contributed by atoms with Crippen molar-refractivity contribution in [3.05, 3.63) is 41.0 Å². The molecule has 1 aromatic rings. The molecule has 4 nitrogen and oxygen atoms in total. The molecule has 0 bridgehead atoms. The minimum Gasteiger partial charge on any atom is -0.465 e. The van der Waals surface area contributed by atoms with E-state index in [2.05, 4.69) is 4.74 Å². The van der Waals surface area contributed by atoms with E-state index in [4.69, 9.17) is 4.74 Å². The summed E-state index contributed by atoms with van der Waals surface area (Å²) in [7, 11) is 1.34. The summed E-state index contributed by atoms with van der Waals surface area (Å²) in [5.74, 6) is -0.737. The Morgan fingerprint density at radius 3 is 2.10 bits per heavy atom. The van der Waals surface area contributed by atoms with E-state index in [0.29, 0.717) is 11.1 Å². The van der Waals surface area contributed by atoms with Crippen LogP contribution in [0.1, 0.15) is 43.6 Å². The number of rotatable bonds is 3. The van der Waals surface area contributed by atoms with Gasteiger partial charge in [0.2, 0.25) is 0 Å². The van der Waals surface area contributed by atoms with Gasteiger partial charge in [0, 0.05) is 5.57 Å². The van der Waals surface area contributed by atoms with Crippen LogP contribution in [0.5, 0.6) is 0 Å². The Hall–Kier alpha value is -2.10. The topological polar surface area (TPSA) is 52.6 Å². The van der Waals surface area contributed by atoms with Crippen LogP contribution < -0.4 is 0 Å². The predicted octanol–water partition coefficient (Wildman–Crippen LogP) is 3.22. The Morgan fingerprint density at radius 2 is 1.65 bits per heavy atom. The number of ether oxygens (including phenoxy) is 2. The summed E-state index contributed by atoms with van der Waals surface area (Å²) < 4.78 is 9.89. The molecule has 0 unspecified atom stereocenters. The number of carbonyl (C=O) groups is 2. The van der Waals surface area contributed by atoms with E-state index in [1.165, 1.54) is 7.11 Å². The maximum absolute atomic E-state index is 11.8. The van der Waals surface area contributed by atoms with Crippen molar-refractivity contribution in [2.24, 2.45) is 0 Å². The van der Waals surface area contributed by atoms with Gasteiger partial charge in [-0.1, -0.05) is 12.1 Å². The molecule has 0 spiro atoms. The molecule has 0 aliphatic heterocycles. The number of carbonyl (C=O) groups excluding carboxylic acids is 2. The first-order valence-corrected chi connectivity index (χ1v) is 6.33. The number of esters is 2. The lowest BCUT2D eigenvalue weighted by Crippen LogP contribution is -2.24. The van der Waals surface area contributed by atoms with Crippen molar-refractivity contribution >= 4 is 18.0 Å². The number of hydrogen-bond donors (Lipinski definition) is 0. The number of benzene rings is 1. The van der Waals surface area contributed by atoms with Crippen molar-refractivity contribution < 1.29 is 19.1 Å². The summed E-state index contributed by atoms with van der Waals surface area (Å²) >= 11 is 0. The normalized spacial score (nSPS) is 11.9. The average Bonchev–Trinajstić information content (AvgIpc) is 2.36. The lowest BCUT2D eigenvalue weighted by Gasteiger charge is -2.19. The maximum Gasteiger partial charge on any atom is 0.337 e. The highest BCUT2D eigenvalue weighted by Gasteiger charge is 2.17. The first kappa shape index (κ1) is 16.0. The third kappa shape index (κ3) is 4.88. The molecule has 0 amide bonds. The molecule has 0 aliphatic carbocycles. The molecule has 0 saturated heterocycles. The fraction of sp³-hybridized carbons (Fsp3) is 0.375. The number of methoxy groups -OCH3 is 1. The summed E-state index contributed by atoms with van der Waals surface area (Å²) in [6, 6.07) is 6.81. The van der Waals surface area contributed by atoms with Crippen LogP contribution in [-0.2, 0) is 14.3 Å². The van der Waals surface area contributed by atoms with E-state index in [0.717, 1.165) is 5.56 Å². The SMILES string of the molecule is COC(=O)c1ccc(/C=C(\C)C(=O)OC(C)(C)C)cc1. The van der Waals surface area contributed by atoms with Crippen LogP contribution in [0.2, 0.25) is 0 Å². The zero-order chi connectivity index (χ0) is 15.3. The highest BCUT2D eigenvalue weighted by Crippen LogP contribution is 2.14. The molecule has 1 aromatic carbocycles. The Kier molecular flexibility index (Phi) is 5.08. The molecular weight excluding hydrogens is 256 g/mol. The molecule has 0 radical (unpaired) electrons. The largest absolute Gasteiger partial charge is 0.465 e. The van der Waals surface area contributed by atoms with Gasteiger partial charge < -0.3 is 9.47 Å². The molecule has 0 saturated carbocycles. The van der Waals surface area contributed by atoms with E-state index in [-0.39, 0.29) is 11.9 Å². The zero-order valence-electron chi connectivity index (χ0n) is 12.5. The van der Waals surface area contributed by atoms with E-state index in [9.17, 15) is 9.59 Å². The summed E-state index contributed by atoms with van der Waals surface area (Å²) in [5.41, 5.74) is 1.28. The van der Waals surface area contributed by atoms with Gasteiger partial charge in [0.25, 0.3) is 0 Å². The van der Waals surface area contributed by atoms with Gasteiger partial charge in [0.05, 0.1) is 12.7 Å². The molecule has 0 atom stereocenters. The fourth-order valence-electron chi connectivity index (χ4n) is 1.50. The molecule has 108 valence electrons. The van der Waals surface area contributed by atoms with Gasteiger partial charge in [-0.3, -0.25) is 0 Å². The van der Waals surface area contributed by atoms with Crippen LogP contribution in [0, 0.1) is 0 Å². The van der Waals surface area contributed by atoms with Gasteiger partial charge in [-0.15, -0.1) is 0 Å². The van der Waals surface area contributed by atoms with Gasteiger partial charge in [-0.2, -0.15) is 0 Å². The number of hydrogen-bond acceptors (Lipinski definition) is 4. The first-order chi connectivity index (χ1) is 9.23. The van der Waals surface area contributed by atoms with Crippen LogP contribution >= 0.6 is 0 Å². The average molecular weight is 276 g/mol. The van der Waals surface area contributed by atoms with Crippen molar-refractivity contribution in [3.8, 4) is 0 Å². The van der Waals surface area contributed by atoms with Crippen molar-refractivity contribution in [1.82, 2.24) is 0 Å². The van der Waals surface area contributed by atoms with Gasteiger partial charge >= 0.3 is 11.9 Å². The lowest BCUT2D eigenvalue weighted by molar-refractivity contribution is -0.149. The summed E-state index contributed by atoms with van der Waals surface area (Å²) in [6.07, 6.45) is 1.72. The Bertz CT molecular complexity index is 518. The molecule has 1 rings (SSSR count). The second-order valence-corrected chi connectivity index (χ2v) is 5.44. The summed E-state index contributed by atoms with van der Waals surface area (Å²) in [5, 5.41) is 0. The third-order valence-corrected chi connectivity index (χ3v) is 2.44. The Balaban J connectivity index is 2.83. The van der Waals surface area contributed by atoms with E-state index in [1.807, 2.05) is 20.8 Å². The van der Waals surface area contributed by atoms with Crippen LogP contribution in [0.15, 0.2) is 29.8 Å². The smallest absolute Gasteiger partial charge is 0.337 e. The van der Waals surface area contributed by atoms with Crippen LogP contribution in [0.25, 0.3) is 6.08 Å². The highest BCUT2D eigenvalue weighted by atomic mass is 16.6. The van der Waals surface area contributed by atoms with Crippen molar-refractivity contribution in [2.45, 2.75) is 33.3 Å². The summed E-state index contributed by atoms with van der Waals surface area (Å²) in [4.78, 5) is 23.1.